The van der Waals surface area contributed by atoms with Crippen LogP contribution >= 0.6 is 11.8 Å². The molecule has 1 aliphatic heterocycles. The normalized spacial score (nSPS) is 22.9. The van der Waals surface area contributed by atoms with Crippen molar-refractivity contribution in [2.45, 2.75) is 44.3 Å². The van der Waals surface area contributed by atoms with Crippen LogP contribution in [-0.2, 0) is 0 Å². The Bertz CT molecular complexity index is 275. The number of nitrogens with two attached hydrogens (primary N) is 1. The van der Waals surface area contributed by atoms with Gasteiger partial charge in [0.05, 0.1) is 4.75 Å². The van der Waals surface area contributed by atoms with Gasteiger partial charge in [-0.3, -0.25) is 0 Å². The van der Waals surface area contributed by atoms with E-state index in [0.717, 1.165) is 31.8 Å². The molecule has 0 radical (unpaired) electrons. The van der Waals surface area contributed by atoms with Crippen LogP contribution < -0.4 is 5.73 Å². The van der Waals surface area contributed by atoms with Gasteiger partial charge in [-0.2, -0.15) is 11.8 Å². The molecular weight excluding hydrogens is 246 g/mol. The Labute approximate surface area is 115 Å². The summed E-state index contributed by atoms with van der Waals surface area (Å²) in [6.45, 7) is 7.83. The lowest BCUT2D eigenvalue weighted by atomic mass is 9.93. The third-order valence-corrected chi connectivity index (χ3v) is 5.38. The van der Waals surface area contributed by atoms with Gasteiger partial charge in [-0.25, -0.2) is 0 Å². The van der Waals surface area contributed by atoms with Crippen LogP contribution in [0.25, 0.3) is 0 Å². The van der Waals surface area contributed by atoms with Gasteiger partial charge < -0.3 is 15.8 Å². The van der Waals surface area contributed by atoms with Crippen molar-refractivity contribution in [1.29, 1.82) is 0 Å². The first-order valence-electron chi connectivity index (χ1n) is 6.83. The topological polar surface area (TPSA) is 61.8 Å². The highest BCUT2D eigenvalue weighted by Crippen LogP contribution is 2.35. The molecule has 18 heavy (non-hydrogen) atoms. The zero-order valence-electron chi connectivity index (χ0n) is 11.9. The van der Waals surface area contributed by atoms with Crippen molar-refractivity contribution >= 4 is 17.6 Å². The second-order valence-electron chi connectivity index (χ2n) is 5.38. The lowest BCUT2D eigenvalue weighted by Gasteiger charge is -2.40. The number of hydrogen-bond acceptors (Lipinski definition) is 4. The minimum Gasteiger partial charge on any atom is -0.409 e. The van der Waals surface area contributed by atoms with Crippen LogP contribution in [0.4, 0.5) is 0 Å². The van der Waals surface area contributed by atoms with Crippen molar-refractivity contribution in [3.63, 3.8) is 0 Å². The Morgan fingerprint density at radius 2 is 2.11 bits per heavy atom. The summed E-state index contributed by atoms with van der Waals surface area (Å²) in [4.78, 5) is 2.51. The Morgan fingerprint density at radius 3 is 2.56 bits per heavy atom. The van der Waals surface area contributed by atoms with Gasteiger partial charge in [0, 0.05) is 6.54 Å². The monoisotopic (exact) mass is 273 g/mol. The van der Waals surface area contributed by atoms with Crippen LogP contribution in [0.15, 0.2) is 5.16 Å². The van der Waals surface area contributed by atoms with Crippen molar-refractivity contribution in [2.75, 3.05) is 25.9 Å². The summed E-state index contributed by atoms with van der Waals surface area (Å²) in [6, 6.07) is 0. The van der Waals surface area contributed by atoms with E-state index in [1.165, 1.54) is 19.4 Å². The fourth-order valence-electron chi connectivity index (χ4n) is 2.78. The van der Waals surface area contributed by atoms with Gasteiger partial charge in [0.2, 0.25) is 0 Å². The average molecular weight is 273 g/mol. The van der Waals surface area contributed by atoms with Crippen LogP contribution in [0, 0.1) is 5.92 Å². The zero-order chi connectivity index (χ0) is 13.6. The highest BCUT2D eigenvalue weighted by atomic mass is 32.2. The first kappa shape index (κ1) is 15.6. The molecule has 0 aromatic heterocycles. The maximum absolute atomic E-state index is 8.90. The molecule has 106 valence electrons. The summed E-state index contributed by atoms with van der Waals surface area (Å²) in [5, 5.41) is 12.1. The van der Waals surface area contributed by atoms with Crippen LogP contribution in [-0.4, -0.2) is 46.6 Å². The Hall–Kier alpha value is -0.420. The summed E-state index contributed by atoms with van der Waals surface area (Å²) in [7, 11) is 0. The molecule has 1 saturated heterocycles. The summed E-state index contributed by atoms with van der Waals surface area (Å²) >= 11 is 1.71. The molecule has 1 atom stereocenters. The standard InChI is InChI=1S/C13H27N3OS/c1-4-5-11(2)10-16-8-6-13(18-3,7-9-16)12(14)15-17/h11,17H,4-10H2,1-3H3,(H2,14,15). The van der Waals surface area contributed by atoms with Crippen molar-refractivity contribution in [1.82, 2.24) is 4.90 Å². The molecule has 0 saturated carbocycles. The molecule has 0 aromatic rings. The molecule has 0 bridgehead atoms. The number of likely N-dealkylation sites (tertiary alicyclic amines) is 1. The average Bonchev–Trinajstić information content (AvgIpc) is 2.39. The molecule has 1 unspecified atom stereocenters. The van der Waals surface area contributed by atoms with E-state index in [1.54, 1.807) is 11.8 Å². The molecule has 1 rings (SSSR count). The molecule has 0 aromatic carbocycles. The Balaban J connectivity index is 2.49. The van der Waals surface area contributed by atoms with Crippen LogP contribution in [0.5, 0.6) is 0 Å². The molecular formula is C13H27N3OS. The zero-order valence-corrected chi connectivity index (χ0v) is 12.7. The fraction of sp³-hybridized carbons (Fsp3) is 0.923. The number of hydrogen-bond donors (Lipinski definition) is 2. The summed E-state index contributed by atoms with van der Waals surface area (Å²) in [5.74, 6) is 1.15. The van der Waals surface area contributed by atoms with E-state index in [1.807, 2.05) is 6.26 Å². The Morgan fingerprint density at radius 1 is 1.50 bits per heavy atom. The van der Waals surface area contributed by atoms with Gasteiger partial charge in [-0.15, -0.1) is 0 Å². The number of rotatable bonds is 6. The first-order chi connectivity index (χ1) is 8.57. The fourth-order valence-corrected chi connectivity index (χ4v) is 3.62. The minimum absolute atomic E-state index is 0.154. The van der Waals surface area contributed by atoms with E-state index in [-0.39, 0.29) is 4.75 Å². The highest BCUT2D eigenvalue weighted by molar-refractivity contribution is 8.00. The molecule has 1 fully saturated rings. The van der Waals surface area contributed by atoms with Crippen molar-refractivity contribution in [3.05, 3.63) is 0 Å². The number of piperidine rings is 1. The number of oxime groups is 1. The maximum Gasteiger partial charge on any atom is 0.155 e. The first-order valence-corrected chi connectivity index (χ1v) is 8.06. The lowest BCUT2D eigenvalue weighted by molar-refractivity contribution is 0.188. The van der Waals surface area contributed by atoms with Crippen molar-refractivity contribution in [2.24, 2.45) is 16.8 Å². The molecule has 1 heterocycles. The van der Waals surface area contributed by atoms with Crippen molar-refractivity contribution in [3.8, 4) is 0 Å². The van der Waals surface area contributed by atoms with E-state index in [9.17, 15) is 0 Å². The molecule has 1 aliphatic rings. The quantitative estimate of drug-likeness (QED) is 0.337. The van der Waals surface area contributed by atoms with Gasteiger partial charge >= 0.3 is 0 Å². The third kappa shape index (κ3) is 3.79. The minimum atomic E-state index is -0.154. The predicted octanol–water partition coefficient (Wildman–Crippen LogP) is 2.37. The van der Waals surface area contributed by atoms with E-state index >= 15 is 0 Å². The van der Waals surface area contributed by atoms with Gasteiger partial charge in [0.15, 0.2) is 5.84 Å². The molecule has 0 spiro atoms. The number of nitrogens with zero attached hydrogens (tertiary/aromatic N) is 2. The van der Waals surface area contributed by atoms with E-state index < -0.39 is 0 Å². The number of amidine groups is 1. The third-order valence-electron chi connectivity index (χ3n) is 3.98. The van der Waals surface area contributed by atoms with Gasteiger partial charge in [-0.1, -0.05) is 25.4 Å². The van der Waals surface area contributed by atoms with E-state index in [0.29, 0.717) is 5.84 Å². The summed E-state index contributed by atoms with van der Waals surface area (Å²) in [5.41, 5.74) is 5.85. The van der Waals surface area contributed by atoms with Crippen LogP contribution in [0.3, 0.4) is 0 Å². The number of thioether (sulfide) groups is 1. The van der Waals surface area contributed by atoms with Crippen LogP contribution in [0.2, 0.25) is 0 Å². The smallest absolute Gasteiger partial charge is 0.155 e. The molecule has 0 amide bonds. The second kappa shape index (κ2) is 7.24. The summed E-state index contributed by atoms with van der Waals surface area (Å²) in [6.07, 6.45) is 6.55. The summed E-state index contributed by atoms with van der Waals surface area (Å²) < 4.78 is -0.154. The molecule has 3 N–H and O–H groups in total. The highest BCUT2D eigenvalue weighted by Gasteiger charge is 2.38. The van der Waals surface area contributed by atoms with Gasteiger partial charge in [0.1, 0.15) is 0 Å². The van der Waals surface area contributed by atoms with Gasteiger partial charge in [-0.05, 0) is 44.5 Å². The largest absolute Gasteiger partial charge is 0.409 e. The SMILES string of the molecule is CCCC(C)CN1CCC(SC)(C(N)=NO)CC1. The lowest BCUT2D eigenvalue weighted by Crippen LogP contribution is -2.50. The van der Waals surface area contributed by atoms with Gasteiger partial charge in [0.25, 0.3) is 0 Å². The van der Waals surface area contributed by atoms with Crippen LogP contribution in [0.1, 0.15) is 39.5 Å². The van der Waals surface area contributed by atoms with E-state index in [4.69, 9.17) is 10.9 Å². The van der Waals surface area contributed by atoms with Crippen molar-refractivity contribution < 1.29 is 5.21 Å². The molecule has 4 nitrogen and oxygen atoms in total. The maximum atomic E-state index is 8.90. The van der Waals surface area contributed by atoms with E-state index in [2.05, 4.69) is 23.9 Å². The molecule has 5 heteroatoms. The second-order valence-corrected chi connectivity index (χ2v) is 6.57. The predicted molar refractivity (Wildman–Crippen MR) is 79.4 cm³/mol. The molecule has 0 aliphatic carbocycles. The Kier molecular flexibility index (Phi) is 6.29.